The second-order valence-electron chi connectivity index (χ2n) is 8.72. The number of nitrogens with zero attached hydrogens (tertiary/aromatic N) is 2. The quantitative estimate of drug-likeness (QED) is 0.758. The number of fused-ring (bicyclic) bond motifs is 2. The Hall–Kier alpha value is -2.16. The van der Waals surface area contributed by atoms with E-state index in [4.69, 9.17) is 9.47 Å². The van der Waals surface area contributed by atoms with Gasteiger partial charge < -0.3 is 9.47 Å². The molecule has 160 valence electrons. The molecule has 1 saturated carbocycles. The third-order valence-electron chi connectivity index (χ3n) is 6.39. The molecule has 1 unspecified atom stereocenters. The zero-order valence-electron chi connectivity index (χ0n) is 17.2. The molecule has 1 aromatic heterocycles. The summed E-state index contributed by atoms with van der Waals surface area (Å²) in [7, 11) is -3.09. The standard InChI is InChI=1S/C22H27N3O4S/c1-14-3-8-20-22(24-14)29-21(13-28-20)16-6-4-15(5-7-16)10-25-11-18-17(19(18)12-25)9-23-30(2,26)27/h3-8,17-19,21,23H,9-13H2,1-2H3/t17?,18-,19+,21-/m1/s1. The SMILES string of the molecule is Cc1ccc2c(n1)O[C@@H](c1ccc(CN3C[C@@H]4C(CNS(C)(=O)=O)[C@@H]4C3)cc1)CO2. The maximum absolute atomic E-state index is 11.3. The number of likely N-dealkylation sites (tertiary alicyclic amines) is 1. The number of nitrogens with one attached hydrogen (secondary N) is 1. The maximum Gasteiger partial charge on any atom is 0.257 e. The highest BCUT2D eigenvalue weighted by atomic mass is 32.2. The molecule has 1 aliphatic carbocycles. The van der Waals surface area contributed by atoms with Crippen molar-refractivity contribution in [3.8, 4) is 11.6 Å². The molecule has 2 aliphatic heterocycles. The maximum atomic E-state index is 11.3. The van der Waals surface area contributed by atoms with Crippen LogP contribution in [0.15, 0.2) is 36.4 Å². The fourth-order valence-electron chi connectivity index (χ4n) is 4.73. The van der Waals surface area contributed by atoms with Crippen LogP contribution in [0.5, 0.6) is 11.6 Å². The van der Waals surface area contributed by atoms with Crippen LogP contribution in [0.2, 0.25) is 0 Å². The van der Waals surface area contributed by atoms with E-state index >= 15 is 0 Å². The molecular formula is C22H27N3O4S. The lowest BCUT2D eigenvalue weighted by Gasteiger charge is -2.26. The van der Waals surface area contributed by atoms with Gasteiger partial charge in [0, 0.05) is 31.9 Å². The molecule has 1 aromatic carbocycles. The Balaban J connectivity index is 1.14. The first-order valence-corrected chi connectivity index (χ1v) is 12.3. The highest BCUT2D eigenvalue weighted by Gasteiger charge is 2.55. The summed E-state index contributed by atoms with van der Waals surface area (Å²) in [5.41, 5.74) is 3.27. The molecule has 3 aliphatic rings. The van der Waals surface area contributed by atoms with E-state index in [0.29, 0.717) is 42.5 Å². The minimum atomic E-state index is -3.09. The average Bonchev–Trinajstić information content (AvgIpc) is 3.17. The molecule has 7 nitrogen and oxygen atoms in total. The number of hydrogen-bond donors (Lipinski definition) is 1. The first-order valence-electron chi connectivity index (χ1n) is 10.4. The highest BCUT2D eigenvalue weighted by molar-refractivity contribution is 7.88. The van der Waals surface area contributed by atoms with Crippen LogP contribution in [0, 0.1) is 24.7 Å². The third kappa shape index (κ3) is 4.17. The van der Waals surface area contributed by atoms with E-state index in [-0.39, 0.29) is 6.10 Å². The van der Waals surface area contributed by atoms with Gasteiger partial charge in [-0.1, -0.05) is 24.3 Å². The number of pyridine rings is 1. The summed E-state index contributed by atoms with van der Waals surface area (Å²) in [6, 6.07) is 12.4. The Morgan fingerprint density at radius 1 is 1.13 bits per heavy atom. The predicted octanol–water partition coefficient (Wildman–Crippen LogP) is 2.13. The summed E-state index contributed by atoms with van der Waals surface area (Å²) in [5.74, 6) is 3.02. The summed E-state index contributed by atoms with van der Waals surface area (Å²) in [4.78, 5) is 6.89. The molecular weight excluding hydrogens is 402 g/mol. The van der Waals surface area contributed by atoms with Gasteiger partial charge in [-0.05, 0) is 47.9 Å². The highest BCUT2D eigenvalue weighted by Crippen LogP contribution is 2.51. The Bertz CT molecular complexity index is 1030. The number of benzene rings is 1. The van der Waals surface area contributed by atoms with Gasteiger partial charge >= 0.3 is 0 Å². The number of aromatic nitrogens is 1. The molecule has 0 spiro atoms. The van der Waals surface area contributed by atoms with Crippen LogP contribution < -0.4 is 14.2 Å². The fraction of sp³-hybridized carbons (Fsp3) is 0.500. The Kier molecular flexibility index (Phi) is 4.95. The Morgan fingerprint density at radius 3 is 2.57 bits per heavy atom. The largest absolute Gasteiger partial charge is 0.484 e. The van der Waals surface area contributed by atoms with E-state index in [1.807, 2.05) is 19.1 Å². The second kappa shape index (κ2) is 7.51. The third-order valence-corrected chi connectivity index (χ3v) is 7.09. The zero-order valence-corrected chi connectivity index (χ0v) is 18.1. The monoisotopic (exact) mass is 429 g/mol. The molecule has 8 heteroatoms. The van der Waals surface area contributed by atoms with Crippen molar-refractivity contribution in [2.24, 2.45) is 17.8 Å². The van der Waals surface area contributed by atoms with E-state index in [0.717, 1.165) is 30.9 Å². The normalized spacial score (nSPS) is 27.7. The van der Waals surface area contributed by atoms with Crippen LogP contribution in [0.4, 0.5) is 0 Å². The summed E-state index contributed by atoms with van der Waals surface area (Å²) in [6.45, 7) is 6.01. The van der Waals surface area contributed by atoms with Crippen LogP contribution in [-0.4, -0.2) is 50.8 Å². The zero-order chi connectivity index (χ0) is 20.9. The number of piperidine rings is 1. The minimum Gasteiger partial charge on any atom is -0.484 e. The van der Waals surface area contributed by atoms with Gasteiger partial charge in [-0.3, -0.25) is 4.90 Å². The molecule has 0 bridgehead atoms. The van der Waals surface area contributed by atoms with E-state index in [9.17, 15) is 8.42 Å². The smallest absolute Gasteiger partial charge is 0.257 e. The number of hydrogen-bond acceptors (Lipinski definition) is 6. The molecule has 1 N–H and O–H groups in total. The van der Waals surface area contributed by atoms with Gasteiger partial charge in [0.1, 0.15) is 6.61 Å². The number of rotatable bonds is 6. The number of aryl methyl sites for hydroxylation is 1. The fourth-order valence-corrected chi connectivity index (χ4v) is 5.22. The molecule has 0 radical (unpaired) electrons. The molecule has 0 amide bonds. The van der Waals surface area contributed by atoms with Crippen molar-refractivity contribution in [3.05, 3.63) is 53.2 Å². The molecule has 2 aromatic rings. The van der Waals surface area contributed by atoms with Crippen LogP contribution in [-0.2, 0) is 16.6 Å². The van der Waals surface area contributed by atoms with Gasteiger partial charge in [0.05, 0.1) is 6.26 Å². The van der Waals surface area contributed by atoms with Crippen molar-refractivity contribution in [1.29, 1.82) is 0 Å². The van der Waals surface area contributed by atoms with Gasteiger partial charge in [0.2, 0.25) is 10.0 Å². The van der Waals surface area contributed by atoms with E-state index in [1.165, 1.54) is 11.8 Å². The number of sulfonamides is 1. The van der Waals surface area contributed by atoms with Crippen molar-refractivity contribution < 1.29 is 17.9 Å². The lowest BCUT2D eigenvalue weighted by molar-refractivity contribution is 0.0848. The topological polar surface area (TPSA) is 80.8 Å². The van der Waals surface area contributed by atoms with Gasteiger partial charge in [0.15, 0.2) is 11.9 Å². The number of ether oxygens (including phenoxy) is 2. The molecule has 2 fully saturated rings. The molecule has 3 heterocycles. The molecule has 5 rings (SSSR count). The van der Waals surface area contributed by atoms with E-state index in [2.05, 4.69) is 38.9 Å². The van der Waals surface area contributed by atoms with E-state index in [1.54, 1.807) is 0 Å². The Morgan fingerprint density at radius 2 is 1.87 bits per heavy atom. The molecule has 1 saturated heterocycles. The predicted molar refractivity (Wildman–Crippen MR) is 113 cm³/mol. The first-order chi connectivity index (χ1) is 14.4. The lowest BCUT2D eigenvalue weighted by atomic mass is 10.1. The average molecular weight is 430 g/mol. The van der Waals surface area contributed by atoms with Gasteiger partial charge in [-0.2, -0.15) is 0 Å². The minimum absolute atomic E-state index is 0.150. The van der Waals surface area contributed by atoms with Crippen LogP contribution in [0.25, 0.3) is 0 Å². The van der Waals surface area contributed by atoms with Crippen molar-refractivity contribution in [2.75, 3.05) is 32.5 Å². The first kappa shape index (κ1) is 19.8. The molecule has 30 heavy (non-hydrogen) atoms. The summed E-state index contributed by atoms with van der Waals surface area (Å²) in [5, 5.41) is 0. The van der Waals surface area contributed by atoms with Gasteiger partial charge in [-0.25, -0.2) is 18.1 Å². The van der Waals surface area contributed by atoms with Crippen molar-refractivity contribution in [2.45, 2.75) is 19.6 Å². The van der Waals surface area contributed by atoms with Gasteiger partial charge in [0.25, 0.3) is 5.88 Å². The second-order valence-corrected chi connectivity index (χ2v) is 10.6. The van der Waals surface area contributed by atoms with Gasteiger partial charge in [-0.15, -0.1) is 0 Å². The van der Waals surface area contributed by atoms with Crippen LogP contribution in [0.1, 0.15) is 22.9 Å². The van der Waals surface area contributed by atoms with Crippen LogP contribution >= 0.6 is 0 Å². The summed E-state index contributed by atoms with van der Waals surface area (Å²) < 4.78 is 37.0. The van der Waals surface area contributed by atoms with Crippen molar-refractivity contribution in [3.63, 3.8) is 0 Å². The summed E-state index contributed by atoms with van der Waals surface area (Å²) >= 11 is 0. The van der Waals surface area contributed by atoms with Crippen LogP contribution in [0.3, 0.4) is 0 Å². The van der Waals surface area contributed by atoms with Crippen molar-refractivity contribution in [1.82, 2.24) is 14.6 Å². The summed E-state index contributed by atoms with van der Waals surface area (Å²) in [6.07, 6.45) is 1.07. The molecule has 4 atom stereocenters. The van der Waals surface area contributed by atoms with Crippen molar-refractivity contribution >= 4 is 10.0 Å². The lowest BCUT2D eigenvalue weighted by Crippen LogP contribution is -2.29. The van der Waals surface area contributed by atoms with E-state index < -0.39 is 10.0 Å². The Labute approximate surface area is 177 Å².